The van der Waals surface area contributed by atoms with Gasteiger partial charge >= 0.3 is 0 Å². The summed E-state index contributed by atoms with van der Waals surface area (Å²) >= 11 is 0. The van der Waals surface area contributed by atoms with Crippen LogP contribution in [0.5, 0.6) is 0 Å². The molecule has 1 aliphatic heterocycles. The molecule has 1 saturated carbocycles. The lowest BCUT2D eigenvalue weighted by atomic mass is 9.95. The number of halogens is 3. The number of nitrogens with one attached hydrogen (secondary N) is 1. The van der Waals surface area contributed by atoms with E-state index in [4.69, 9.17) is 0 Å². The highest BCUT2D eigenvalue weighted by molar-refractivity contribution is 7.89. The number of alkyl halides is 1. The molecule has 0 radical (unpaired) electrons. The average molecular weight is 438 g/mol. The van der Waals surface area contributed by atoms with Crippen LogP contribution in [0, 0.1) is 17.6 Å². The molecule has 1 heterocycles. The van der Waals surface area contributed by atoms with Gasteiger partial charge < -0.3 is 4.90 Å². The number of carbonyl (C=O) groups excluding carboxylic acids is 1. The number of hydrogen-bond acceptors (Lipinski definition) is 3. The third-order valence-electron chi connectivity index (χ3n) is 5.69. The van der Waals surface area contributed by atoms with E-state index in [9.17, 15) is 26.4 Å². The number of sulfonamides is 1. The molecule has 1 saturated heterocycles. The fourth-order valence-electron chi connectivity index (χ4n) is 4.19. The van der Waals surface area contributed by atoms with E-state index >= 15 is 0 Å². The SMILES string of the molecule is O=C([C@@H]1C[C@H]1c1ccccc1-c1c(F)cccc1F)N1CC[C@H](NS(=O)(=O)CF)C1. The topological polar surface area (TPSA) is 66.5 Å². The van der Waals surface area contributed by atoms with Gasteiger partial charge in [0.2, 0.25) is 21.9 Å². The van der Waals surface area contributed by atoms with Gasteiger partial charge in [0, 0.05) is 25.0 Å². The largest absolute Gasteiger partial charge is 0.341 e. The predicted octanol–water partition coefficient (Wildman–Crippen LogP) is 3.18. The number of rotatable bonds is 6. The molecule has 2 fully saturated rings. The van der Waals surface area contributed by atoms with Gasteiger partial charge in [0.1, 0.15) is 11.6 Å². The first-order valence-electron chi connectivity index (χ1n) is 9.69. The van der Waals surface area contributed by atoms with E-state index in [1.54, 1.807) is 29.2 Å². The van der Waals surface area contributed by atoms with E-state index in [2.05, 4.69) is 4.72 Å². The quantitative estimate of drug-likeness (QED) is 0.754. The normalized spacial score (nSPS) is 23.6. The fourth-order valence-corrected chi connectivity index (χ4v) is 4.95. The second kappa shape index (κ2) is 8.03. The zero-order chi connectivity index (χ0) is 21.5. The smallest absolute Gasteiger partial charge is 0.241 e. The lowest BCUT2D eigenvalue weighted by Gasteiger charge is -2.17. The summed E-state index contributed by atoms with van der Waals surface area (Å²) in [6.45, 7) is 0.565. The average Bonchev–Trinajstić information content (AvgIpc) is 3.38. The van der Waals surface area contributed by atoms with Crippen LogP contribution >= 0.6 is 0 Å². The van der Waals surface area contributed by atoms with Crippen molar-refractivity contribution in [2.24, 2.45) is 5.92 Å². The first-order valence-corrected chi connectivity index (χ1v) is 11.3. The van der Waals surface area contributed by atoms with E-state index in [0.717, 1.165) is 0 Å². The Labute approximate surface area is 172 Å². The molecule has 2 aromatic carbocycles. The molecule has 5 nitrogen and oxygen atoms in total. The summed E-state index contributed by atoms with van der Waals surface area (Å²) in [5.74, 6) is -1.92. The standard InChI is InChI=1S/C21H21F3N2O3S/c22-12-30(28,29)25-13-8-9-26(11-13)21(27)17-10-16(17)14-4-1-2-5-15(14)20-18(23)6-3-7-19(20)24/h1-7,13,16-17,25H,8-12H2/t13-,16-,17+/m0/s1. The number of likely N-dealkylation sites (tertiary alicyclic amines) is 1. The molecular formula is C21H21F3N2O3S. The summed E-state index contributed by atoms with van der Waals surface area (Å²) in [5.41, 5.74) is 1.05. The van der Waals surface area contributed by atoms with Crippen LogP contribution in [0.15, 0.2) is 42.5 Å². The lowest BCUT2D eigenvalue weighted by molar-refractivity contribution is -0.131. The van der Waals surface area contributed by atoms with E-state index in [1.165, 1.54) is 18.2 Å². The van der Waals surface area contributed by atoms with Crippen LogP contribution in [0.2, 0.25) is 0 Å². The molecule has 30 heavy (non-hydrogen) atoms. The fraction of sp³-hybridized carbons (Fsp3) is 0.381. The Hall–Kier alpha value is -2.39. The Morgan fingerprint density at radius 1 is 1.10 bits per heavy atom. The minimum atomic E-state index is -3.98. The van der Waals surface area contributed by atoms with Crippen molar-refractivity contribution in [3.8, 4) is 11.1 Å². The number of benzene rings is 2. The second-order valence-corrected chi connectivity index (χ2v) is 9.43. The van der Waals surface area contributed by atoms with Crippen LogP contribution in [0.25, 0.3) is 11.1 Å². The molecule has 1 amide bonds. The Kier molecular flexibility index (Phi) is 5.59. The van der Waals surface area contributed by atoms with Crippen molar-refractivity contribution in [3.05, 3.63) is 59.7 Å². The molecule has 1 N–H and O–H groups in total. The molecule has 9 heteroatoms. The summed E-state index contributed by atoms with van der Waals surface area (Å²) in [6, 6.07) is 8.61. The van der Waals surface area contributed by atoms with Crippen molar-refractivity contribution >= 4 is 15.9 Å². The highest BCUT2D eigenvalue weighted by Crippen LogP contribution is 2.51. The molecule has 4 rings (SSSR count). The summed E-state index contributed by atoms with van der Waals surface area (Å²) in [5, 5.41) is 0. The molecule has 0 unspecified atom stereocenters. The van der Waals surface area contributed by atoms with Crippen molar-refractivity contribution in [3.63, 3.8) is 0 Å². The minimum Gasteiger partial charge on any atom is -0.341 e. The van der Waals surface area contributed by atoms with Crippen molar-refractivity contribution < 1.29 is 26.4 Å². The molecule has 0 aromatic heterocycles. The van der Waals surface area contributed by atoms with E-state index in [0.29, 0.717) is 30.5 Å². The second-order valence-electron chi connectivity index (χ2n) is 7.74. The van der Waals surface area contributed by atoms with Crippen molar-refractivity contribution in [2.45, 2.75) is 24.8 Å². The summed E-state index contributed by atoms with van der Waals surface area (Å²) in [6.07, 6.45) is 0.975. The Morgan fingerprint density at radius 2 is 1.80 bits per heavy atom. The van der Waals surface area contributed by atoms with Crippen LogP contribution in [-0.4, -0.2) is 44.4 Å². The monoisotopic (exact) mass is 438 g/mol. The first kappa shape index (κ1) is 20.9. The van der Waals surface area contributed by atoms with Gasteiger partial charge in [0.25, 0.3) is 0 Å². The zero-order valence-electron chi connectivity index (χ0n) is 16.0. The molecule has 2 aromatic rings. The zero-order valence-corrected chi connectivity index (χ0v) is 16.8. The van der Waals surface area contributed by atoms with Gasteiger partial charge in [-0.25, -0.2) is 26.3 Å². The van der Waals surface area contributed by atoms with Gasteiger partial charge in [-0.1, -0.05) is 30.3 Å². The minimum absolute atomic E-state index is 0.104. The first-order chi connectivity index (χ1) is 14.3. The van der Waals surface area contributed by atoms with Gasteiger partial charge in [0.15, 0.2) is 0 Å². The Balaban J connectivity index is 1.49. The molecule has 2 aliphatic rings. The van der Waals surface area contributed by atoms with Gasteiger partial charge in [-0.15, -0.1) is 0 Å². The van der Waals surface area contributed by atoms with Gasteiger partial charge in [-0.05, 0) is 42.0 Å². The Bertz CT molecular complexity index is 1060. The highest BCUT2D eigenvalue weighted by atomic mass is 32.2. The predicted molar refractivity (Wildman–Crippen MR) is 106 cm³/mol. The van der Waals surface area contributed by atoms with Crippen molar-refractivity contribution in [2.75, 3.05) is 19.1 Å². The van der Waals surface area contributed by atoms with Crippen LogP contribution in [-0.2, 0) is 14.8 Å². The molecule has 160 valence electrons. The van der Waals surface area contributed by atoms with Gasteiger partial charge in [0.05, 0.1) is 5.56 Å². The van der Waals surface area contributed by atoms with E-state index in [1.807, 2.05) is 0 Å². The maximum absolute atomic E-state index is 14.3. The third kappa shape index (κ3) is 4.09. The van der Waals surface area contributed by atoms with Crippen LogP contribution < -0.4 is 4.72 Å². The maximum atomic E-state index is 14.3. The third-order valence-corrected chi connectivity index (χ3v) is 6.67. The van der Waals surface area contributed by atoms with Crippen LogP contribution in [0.1, 0.15) is 24.3 Å². The van der Waals surface area contributed by atoms with Crippen LogP contribution in [0.4, 0.5) is 13.2 Å². The molecule has 3 atom stereocenters. The maximum Gasteiger partial charge on any atom is 0.241 e. The summed E-state index contributed by atoms with van der Waals surface area (Å²) in [7, 11) is -3.98. The van der Waals surface area contributed by atoms with E-state index in [-0.39, 0.29) is 29.9 Å². The molecule has 0 bridgehead atoms. The number of hydrogen-bond donors (Lipinski definition) is 1. The van der Waals surface area contributed by atoms with Gasteiger partial charge in [-0.2, -0.15) is 0 Å². The molecular weight excluding hydrogens is 417 g/mol. The number of amides is 1. The number of carbonyl (C=O) groups is 1. The summed E-state index contributed by atoms with van der Waals surface area (Å²) in [4.78, 5) is 14.5. The number of nitrogens with zero attached hydrogens (tertiary/aromatic N) is 1. The molecule has 1 aliphatic carbocycles. The van der Waals surface area contributed by atoms with Crippen molar-refractivity contribution in [1.82, 2.24) is 9.62 Å². The highest BCUT2D eigenvalue weighted by Gasteiger charge is 2.48. The van der Waals surface area contributed by atoms with Gasteiger partial charge in [-0.3, -0.25) is 4.79 Å². The van der Waals surface area contributed by atoms with Crippen molar-refractivity contribution in [1.29, 1.82) is 0 Å². The lowest BCUT2D eigenvalue weighted by Crippen LogP contribution is -2.39. The van der Waals surface area contributed by atoms with E-state index < -0.39 is 33.7 Å². The summed E-state index contributed by atoms with van der Waals surface area (Å²) < 4.78 is 66.2. The Morgan fingerprint density at radius 3 is 2.50 bits per heavy atom. The molecule has 0 spiro atoms. The van der Waals surface area contributed by atoms with Crippen LogP contribution in [0.3, 0.4) is 0 Å².